The second-order valence-electron chi connectivity index (χ2n) is 6.54. The maximum Gasteiger partial charge on any atom is 0.242 e. The van der Waals surface area contributed by atoms with Gasteiger partial charge in [0.2, 0.25) is 5.91 Å². The van der Waals surface area contributed by atoms with Gasteiger partial charge in [0, 0.05) is 6.20 Å². The molecule has 5 nitrogen and oxygen atoms in total. The van der Waals surface area contributed by atoms with E-state index in [4.69, 9.17) is 10.5 Å². The number of amides is 1. The van der Waals surface area contributed by atoms with Crippen molar-refractivity contribution in [2.45, 2.75) is 57.8 Å². The lowest BCUT2D eigenvalue weighted by Gasteiger charge is -2.22. The van der Waals surface area contributed by atoms with Crippen LogP contribution in [-0.4, -0.2) is 23.0 Å². The topological polar surface area (TPSA) is 77.2 Å². The minimum atomic E-state index is -0.552. The SMILES string of the molecule is CC(N)C(=O)Nc1ncc(-c2ccccc2COC2CCCCC2)s1. The van der Waals surface area contributed by atoms with Crippen LogP contribution in [0.2, 0.25) is 0 Å². The molecule has 0 spiro atoms. The predicted octanol–water partition coefficient (Wildman–Crippen LogP) is 3.95. The highest BCUT2D eigenvalue weighted by Gasteiger charge is 2.16. The van der Waals surface area contributed by atoms with E-state index in [9.17, 15) is 4.79 Å². The summed E-state index contributed by atoms with van der Waals surface area (Å²) < 4.78 is 6.13. The first-order chi connectivity index (χ1) is 12.1. The number of aromatic nitrogens is 1. The molecular formula is C19H25N3O2S. The van der Waals surface area contributed by atoms with Crippen LogP contribution >= 0.6 is 11.3 Å². The molecule has 1 unspecified atom stereocenters. The number of rotatable bonds is 6. The van der Waals surface area contributed by atoms with E-state index in [2.05, 4.69) is 22.4 Å². The first-order valence-electron chi connectivity index (χ1n) is 8.85. The summed E-state index contributed by atoms with van der Waals surface area (Å²) in [5.74, 6) is -0.227. The number of hydrogen-bond donors (Lipinski definition) is 2. The number of carbonyl (C=O) groups is 1. The lowest BCUT2D eigenvalue weighted by Crippen LogP contribution is -2.32. The van der Waals surface area contributed by atoms with Crippen molar-refractivity contribution in [1.82, 2.24) is 4.98 Å². The van der Waals surface area contributed by atoms with Crippen molar-refractivity contribution >= 4 is 22.4 Å². The third kappa shape index (κ3) is 4.87. The van der Waals surface area contributed by atoms with Gasteiger partial charge in [-0.3, -0.25) is 4.79 Å². The molecular weight excluding hydrogens is 334 g/mol. The smallest absolute Gasteiger partial charge is 0.242 e. The van der Waals surface area contributed by atoms with Crippen LogP contribution in [0.25, 0.3) is 10.4 Å². The first kappa shape index (κ1) is 18.0. The highest BCUT2D eigenvalue weighted by Crippen LogP contribution is 2.32. The maximum atomic E-state index is 11.7. The molecule has 1 fully saturated rings. The van der Waals surface area contributed by atoms with E-state index in [0.29, 0.717) is 17.8 Å². The van der Waals surface area contributed by atoms with Gasteiger partial charge in [0.15, 0.2) is 5.13 Å². The summed E-state index contributed by atoms with van der Waals surface area (Å²) in [7, 11) is 0. The average molecular weight is 359 g/mol. The van der Waals surface area contributed by atoms with Gasteiger partial charge in [0.1, 0.15) is 0 Å². The van der Waals surface area contributed by atoms with Crippen LogP contribution in [0, 0.1) is 0 Å². The van der Waals surface area contributed by atoms with Crippen LogP contribution in [0.1, 0.15) is 44.6 Å². The summed E-state index contributed by atoms with van der Waals surface area (Å²) in [6, 6.07) is 7.66. The summed E-state index contributed by atoms with van der Waals surface area (Å²) >= 11 is 1.45. The quantitative estimate of drug-likeness (QED) is 0.819. The number of carbonyl (C=O) groups excluding carboxylic acids is 1. The Kier molecular flexibility index (Phi) is 6.18. The van der Waals surface area contributed by atoms with Gasteiger partial charge >= 0.3 is 0 Å². The van der Waals surface area contributed by atoms with Crippen LogP contribution in [0.4, 0.5) is 5.13 Å². The van der Waals surface area contributed by atoms with Crippen LogP contribution in [0.3, 0.4) is 0 Å². The molecule has 0 bridgehead atoms. The molecule has 1 heterocycles. The van der Waals surface area contributed by atoms with Crippen LogP contribution in [-0.2, 0) is 16.1 Å². The Balaban J connectivity index is 1.70. The molecule has 134 valence electrons. The van der Waals surface area contributed by atoms with E-state index in [0.717, 1.165) is 28.8 Å². The van der Waals surface area contributed by atoms with Crippen LogP contribution in [0.15, 0.2) is 30.5 Å². The van der Waals surface area contributed by atoms with E-state index < -0.39 is 6.04 Å². The minimum absolute atomic E-state index is 0.227. The zero-order valence-electron chi connectivity index (χ0n) is 14.5. The molecule has 1 aliphatic rings. The molecule has 25 heavy (non-hydrogen) atoms. The summed E-state index contributed by atoms with van der Waals surface area (Å²) in [6.07, 6.45) is 8.36. The number of nitrogens with one attached hydrogen (secondary N) is 1. The fourth-order valence-electron chi connectivity index (χ4n) is 3.00. The first-order valence-corrected chi connectivity index (χ1v) is 9.67. The fraction of sp³-hybridized carbons (Fsp3) is 0.474. The molecule has 3 N–H and O–H groups in total. The molecule has 1 aromatic heterocycles. The Labute approximate surface area is 152 Å². The standard InChI is InChI=1S/C19H25N3O2S/c1-13(20)18(23)22-19-21-11-17(25-19)16-10-6-5-7-14(16)12-24-15-8-3-2-4-9-15/h5-7,10-11,13,15H,2-4,8-9,12,20H2,1H3,(H,21,22,23). The third-order valence-electron chi connectivity index (χ3n) is 4.46. The number of hydrogen-bond acceptors (Lipinski definition) is 5. The van der Waals surface area contributed by atoms with E-state index in [1.807, 2.05) is 12.1 Å². The molecule has 1 saturated carbocycles. The van der Waals surface area contributed by atoms with Gasteiger partial charge in [0.25, 0.3) is 0 Å². The van der Waals surface area contributed by atoms with Gasteiger partial charge in [-0.1, -0.05) is 54.9 Å². The molecule has 3 rings (SSSR count). The Morgan fingerprint density at radius 2 is 2.12 bits per heavy atom. The highest BCUT2D eigenvalue weighted by atomic mass is 32.1. The largest absolute Gasteiger partial charge is 0.374 e. The number of nitrogens with two attached hydrogens (primary N) is 1. The van der Waals surface area contributed by atoms with Gasteiger partial charge in [0.05, 0.1) is 23.6 Å². The summed E-state index contributed by atoms with van der Waals surface area (Å²) in [4.78, 5) is 17.0. The molecule has 1 aromatic carbocycles. The lowest BCUT2D eigenvalue weighted by atomic mass is 9.97. The zero-order chi connectivity index (χ0) is 17.6. The Hall–Kier alpha value is -1.76. The van der Waals surface area contributed by atoms with Gasteiger partial charge in [-0.15, -0.1) is 0 Å². The van der Waals surface area contributed by atoms with E-state index >= 15 is 0 Å². The summed E-state index contributed by atoms with van der Waals surface area (Å²) in [5, 5.41) is 3.32. The van der Waals surface area contributed by atoms with Crippen molar-refractivity contribution in [2.75, 3.05) is 5.32 Å². The Bertz CT molecular complexity index is 708. The third-order valence-corrected chi connectivity index (χ3v) is 5.41. The van der Waals surface area contributed by atoms with Gasteiger partial charge in [-0.05, 0) is 30.9 Å². The molecule has 2 aromatic rings. The number of ether oxygens (including phenoxy) is 1. The number of thiazole rings is 1. The Morgan fingerprint density at radius 1 is 1.36 bits per heavy atom. The molecule has 1 amide bonds. The van der Waals surface area contributed by atoms with Gasteiger partial charge < -0.3 is 15.8 Å². The fourth-order valence-corrected chi connectivity index (χ4v) is 3.88. The molecule has 1 aliphatic carbocycles. The zero-order valence-corrected chi connectivity index (χ0v) is 15.3. The summed E-state index contributed by atoms with van der Waals surface area (Å²) in [5.41, 5.74) is 7.85. The lowest BCUT2D eigenvalue weighted by molar-refractivity contribution is -0.117. The van der Waals surface area contributed by atoms with Crippen molar-refractivity contribution in [1.29, 1.82) is 0 Å². The molecule has 1 atom stereocenters. The van der Waals surface area contributed by atoms with Crippen molar-refractivity contribution in [3.8, 4) is 10.4 Å². The average Bonchev–Trinajstić information content (AvgIpc) is 3.09. The van der Waals surface area contributed by atoms with Gasteiger partial charge in [-0.25, -0.2) is 4.98 Å². The molecule has 0 aliphatic heterocycles. The second kappa shape index (κ2) is 8.56. The normalized spacial score (nSPS) is 16.6. The number of nitrogens with zero attached hydrogens (tertiary/aromatic N) is 1. The monoisotopic (exact) mass is 359 g/mol. The van der Waals surface area contributed by atoms with Crippen molar-refractivity contribution in [3.63, 3.8) is 0 Å². The van der Waals surface area contributed by atoms with Gasteiger partial charge in [-0.2, -0.15) is 0 Å². The number of anilines is 1. The van der Waals surface area contributed by atoms with Crippen molar-refractivity contribution in [2.24, 2.45) is 5.73 Å². The predicted molar refractivity (Wildman–Crippen MR) is 101 cm³/mol. The Morgan fingerprint density at radius 3 is 2.88 bits per heavy atom. The molecule has 0 radical (unpaired) electrons. The molecule has 6 heteroatoms. The van der Waals surface area contributed by atoms with Crippen LogP contribution in [0.5, 0.6) is 0 Å². The highest BCUT2D eigenvalue weighted by molar-refractivity contribution is 7.19. The molecule has 0 saturated heterocycles. The van der Waals surface area contributed by atoms with Crippen LogP contribution < -0.4 is 11.1 Å². The van der Waals surface area contributed by atoms with E-state index in [1.165, 1.54) is 30.6 Å². The van der Waals surface area contributed by atoms with E-state index in [-0.39, 0.29) is 5.91 Å². The maximum absolute atomic E-state index is 11.7. The number of benzene rings is 1. The minimum Gasteiger partial charge on any atom is -0.374 e. The second-order valence-corrected chi connectivity index (χ2v) is 7.57. The van der Waals surface area contributed by atoms with Crippen molar-refractivity contribution in [3.05, 3.63) is 36.0 Å². The van der Waals surface area contributed by atoms with Crippen molar-refractivity contribution < 1.29 is 9.53 Å². The van der Waals surface area contributed by atoms with E-state index in [1.54, 1.807) is 13.1 Å². The summed E-state index contributed by atoms with van der Waals surface area (Å²) in [6.45, 7) is 2.27.